The van der Waals surface area contributed by atoms with Crippen molar-refractivity contribution in [2.75, 3.05) is 5.73 Å². The molecule has 1 saturated carbocycles. The molecule has 3 rings (SSSR count). The lowest BCUT2D eigenvalue weighted by Crippen LogP contribution is -2.32. The standard InChI is InChI=1S/C17H17BrN2O/c18-15-9-6-13(10-16(15)19)17(21)20(14-7-8-14)11-12-4-2-1-3-5-12/h1-6,9-10,14H,7-8,11,19H2. The third-order valence-electron chi connectivity index (χ3n) is 3.69. The zero-order valence-electron chi connectivity index (χ0n) is 11.6. The molecule has 0 bridgehead atoms. The molecule has 2 N–H and O–H groups in total. The van der Waals surface area contributed by atoms with Crippen LogP contribution < -0.4 is 5.73 Å². The molecule has 0 spiro atoms. The maximum absolute atomic E-state index is 12.7. The number of amides is 1. The van der Waals surface area contributed by atoms with E-state index in [2.05, 4.69) is 28.1 Å². The van der Waals surface area contributed by atoms with Crippen LogP contribution in [-0.4, -0.2) is 16.8 Å². The predicted octanol–water partition coefficient (Wildman–Crippen LogP) is 3.84. The van der Waals surface area contributed by atoms with Gasteiger partial charge in [0.05, 0.1) is 0 Å². The molecule has 1 fully saturated rings. The number of carbonyl (C=O) groups excluding carboxylic acids is 1. The Kier molecular flexibility index (Phi) is 3.97. The van der Waals surface area contributed by atoms with Crippen molar-refractivity contribution < 1.29 is 4.79 Å². The number of benzene rings is 2. The van der Waals surface area contributed by atoms with Crippen LogP contribution in [0.15, 0.2) is 53.0 Å². The fraction of sp³-hybridized carbons (Fsp3) is 0.235. The Morgan fingerprint density at radius 2 is 1.90 bits per heavy atom. The van der Waals surface area contributed by atoms with Gasteiger partial charge in [0.1, 0.15) is 0 Å². The summed E-state index contributed by atoms with van der Waals surface area (Å²) in [5.74, 6) is 0.0561. The van der Waals surface area contributed by atoms with E-state index in [0.717, 1.165) is 22.9 Å². The third kappa shape index (κ3) is 3.27. The van der Waals surface area contributed by atoms with E-state index >= 15 is 0 Å². The first kappa shape index (κ1) is 14.1. The van der Waals surface area contributed by atoms with Gasteiger partial charge in [0.25, 0.3) is 5.91 Å². The van der Waals surface area contributed by atoms with E-state index in [1.54, 1.807) is 6.07 Å². The lowest BCUT2D eigenvalue weighted by atomic mass is 10.1. The number of anilines is 1. The highest BCUT2D eigenvalue weighted by atomic mass is 79.9. The van der Waals surface area contributed by atoms with Crippen molar-refractivity contribution in [2.45, 2.75) is 25.4 Å². The second-order valence-corrected chi connectivity index (χ2v) is 6.24. The van der Waals surface area contributed by atoms with Crippen molar-refractivity contribution in [3.63, 3.8) is 0 Å². The summed E-state index contributed by atoms with van der Waals surface area (Å²) in [6.45, 7) is 0.653. The Bertz CT molecular complexity index is 653. The van der Waals surface area contributed by atoms with Crippen LogP contribution in [0.4, 0.5) is 5.69 Å². The van der Waals surface area contributed by atoms with Gasteiger partial charge in [-0.25, -0.2) is 0 Å². The largest absolute Gasteiger partial charge is 0.398 e. The van der Waals surface area contributed by atoms with Gasteiger partial charge in [0.2, 0.25) is 0 Å². The van der Waals surface area contributed by atoms with Crippen molar-refractivity contribution >= 4 is 27.5 Å². The number of rotatable bonds is 4. The monoisotopic (exact) mass is 344 g/mol. The van der Waals surface area contributed by atoms with E-state index in [1.165, 1.54) is 0 Å². The van der Waals surface area contributed by atoms with Gasteiger partial charge >= 0.3 is 0 Å². The van der Waals surface area contributed by atoms with Crippen molar-refractivity contribution in [3.05, 3.63) is 64.1 Å². The van der Waals surface area contributed by atoms with Gasteiger partial charge in [-0.15, -0.1) is 0 Å². The van der Waals surface area contributed by atoms with Crippen LogP contribution in [0.5, 0.6) is 0 Å². The van der Waals surface area contributed by atoms with Crippen LogP contribution in [0.2, 0.25) is 0 Å². The number of nitrogen functional groups attached to an aromatic ring is 1. The van der Waals surface area contributed by atoms with Gasteiger partial charge < -0.3 is 10.6 Å². The molecule has 0 aromatic heterocycles. The first-order valence-corrected chi connectivity index (χ1v) is 7.84. The lowest BCUT2D eigenvalue weighted by molar-refractivity contribution is 0.0730. The summed E-state index contributed by atoms with van der Waals surface area (Å²) in [6, 6.07) is 15.9. The molecule has 0 unspecified atom stereocenters. The summed E-state index contributed by atoms with van der Waals surface area (Å²) in [4.78, 5) is 14.7. The molecule has 1 amide bonds. The van der Waals surface area contributed by atoms with E-state index in [4.69, 9.17) is 5.73 Å². The maximum atomic E-state index is 12.7. The van der Waals surface area contributed by atoms with E-state index < -0.39 is 0 Å². The number of hydrogen-bond acceptors (Lipinski definition) is 2. The second kappa shape index (κ2) is 5.90. The summed E-state index contributed by atoms with van der Waals surface area (Å²) in [6.07, 6.45) is 2.18. The highest BCUT2D eigenvalue weighted by Crippen LogP contribution is 2.30. The van der Waals surface area contributed by atoms with Gasteiger partial charge in [-0.3, -0.25) is 4.79 Å². The fourth-order valence-electron chi connectivity index (χ4n) is 2.38. The Balaban J connectivity index is 1.83. The first-order valence-electron chi connectivity index (χ1n) is 7.05. The molecule has 0 atom stereocenters. The molecule has 2 aromatic carbocycles. The van der Waals surface area contributed by atoms with E-state index in [0.29, 0.717) is 23.8 Å². The molecule has 1 aliphatic rings. The van der Waals surface area contributed by atoms with Crippen LogP contribution in [0.1, 0.15) is 28.8 Å². The average molecular weight is 345 g/mol. The van der Waals surface area contributed by atoms with E-state index in [1.807, 2.05) is 35.2 Å². The summed E-state index contributed by atoms with van der Waals surface area (Å²) in [5.41, 5.74) is 8.29. The van der Waals surface area contributed by atoms with Crippen LogP contribution in [0.3, 0.4) is 0 Å². The van der Waals surface area contributed by atoms with Gasteiger partial charge in [-0.05, 0) is 52.5 Å². The van der Waals surface area contributed by atoms with Crippen molar-refractivity contribution in [3.8, 4) is 0 Å². The second-order valence-electron chi connectivity index (χ2n) is 5.39. The zero-order valence-corrected chi connectivity index (χ0v) is 13.2. The number of halogens is 1. The number of carbonyl (C=O) groups is 1. The van der Waals surface area contributed by atoms with Crippen LogP contribution in [0, 0.1) is 0 Å². The SMILES string of the molecule is Nc1cc(C(=O)N(Cc2ccccc2)C2CC2)ccc1Br. The minimum absolute atomic E-state index is 0.0561. The molecule has 21 heavy (non-hydrogen) atoms. The van der Waals surface area contributed by atoms with E-state index in [9.17, 15) is 4.79 Å². The normalized spacial score (nSPS) is 14.0. The summed E-state index contributed by atoms with van der Waals surface area (Å²) < 4.78 is 0.820. The minimum atomic E-state index is 0.0561. The molecule has 0 saturated heterocycles. The minimum Gasteiger partial charge on any atom is -0.398 e. The Labute approximate surface area is 132 Å². The molecule has 1 aliphatic carbocycles. The van der Waals surface area contributed by atoms with Crippen molar-refractivity contribution in [1.29, 1.82) is 0 Å². The Hall–Kier alpha value is -1.81. The zero-order chi connectivity index (χ0) is 14.8. The Morgan fingerprint density at radius 1 is 1.19 bits per heavy atom. The first-order chi connectivity index (χ1) is 10.1. The van der Waals surface area contributed by atoms with Crippen LogP contribution in [-0.2, 0) is 6.54 Å². The molecule has 3 nitrogen and oxygen atoms in total. The summed E-state index contributed by atoms with van der Waals surface area (Å²) in [5, 5.41) is 0. The van der Waals surface area contributed by atoms with Gasteiger partial charge in [-0.2, -0.15) is 0 Å². The number of hydrogen-bond donors (Lipinski definition) is 1. The average Bonchev–Trinajstić information content (AvgIpc) is 3.33. The van der Waals surface area contributed by atoms with Crippen LogP contribution in [0.25, 0.3) is 0 Å². The number of nitrogens with two attached hydrogens (primary N) is 1. The third-order valence-corrected chi connectivity index (χ3v) is 4.41. The molecule has 108 valence electrons. The van der Waals surface area contributed by atoms with Crippen LogP contribution >= 0.6 is 15.9 Å². The van der Waals surface area contributed by atoms with Gasteiger partial charge in [0.15, 0.2) is 0 Å². The molecule has 0 aliphatic heterocycles. The lowest BCUT2D eigenvalue weighted by Gasteiger charge is -2.23. The fourth-order valence-corrected chi connectivity index (χ4v) is 2.62. The highest BCUT2D eigenvalue weighted by Gasteiger charge is 2.33. The summed E-state index contributed by atoms with van der Waals surface area (Å²) >= 11 is 3.36. The highest BCUT2D eigenvalue weighted by molar-refractivity contribution is 9.10. The Morgan fingerprint density at radius 3 is 2.52 bits per heavy atom. The molecule has 4 heteroatoms. The molecule has 2 aromatic rings. The molecular weight excluding hydrogens is 328 g/mol. The van der Waals surface area contributed by atoms with Gasteiger partial charge in [0, 0.05) is 28.3 Å². The van der Waals surface area contributed by atoms with Crippen molar-refractivity contribution in [1.82, 2.24) is 4.90 Å². The van der Waals surface area contributed by atoms with Crippen molar-refractivity contribution in [2.24, 2.45) is 0 Å². The molecular formula is C17H17BrN2O. The predicted molar refractivity (Wildman–Crippen MR) is 87.9 cm³/mol. The van der Waals surface area contributed by atoms with E-state index in [-0.39, 0.29) is 5.91 Å². The molecule has 0 heterocycles. The number of nitrogens with zero attached hydrogens (tertiary/aromatic N) is 1. The van der Waals surface area contributed by atoms with Gasteiger partial charge in [-0.1, -0.05) is 30.3 Å². The topological polar surface area (TPSA) is 46.3 Å². The summed E-state index contributed by atoms with van der Waals surface area (Å²) in [7, 11) is 0. The molecule has 0 radical (unpaired) electrons. The maximum Gasteiger partial charge on any atom is 0.254 e. The quantitative estimate of drug-likeness (QED) is 0.856. The smallest absolute Gasteiger partial charge is 0.254 e.